The molecule has 1 aromatic carbocycles. The first kappa shape index (κ1) is 15.2. The molecule has 0 fully saturated rings. The van der Waals surface area contributed by atoms with Gasteiger partial charge in [0.2, 0.25) is 0 Å². The molecular formula is C14H19BrFNO. The van der Waals surface area contributed by atoms with Crippen LogP contribution in [0.4, 0.5) is 4.39 Å². The predicted molar refractivity (Wildman–Crippen MR) is 75.1 cm³/mol. The highest BCUT2D eigenvalue weighted by Crippen LogP contribution is 2.27. The second-order valence-electron chi connectivity index (χ2n) is 5.55. The van der Waals surface area contributed by atoms with Gasteiger partial charge in [-0.15, -0.1) is 0 Å². The lowest BCUT2D eigenvalue weighted by molar-refractivity contribution is 0.0623. The SMILES string of the molecule is CC(N(C)C(=O)c1c(F)cccc1Br)C(C)(C)C. The summed E-state index contributed by atoms with van der Waals surface area (Å²) in [6.07, 6.45) is 0. The first-order chi connectivity index (χ1) is 8.16. The van der Waals surface area contributed by atoms with Crippen LogP contribution in [-0.2, 0) is 0 Å². The summed E-state index contributed by atoms with van der Waals surface area (Å²) in [5.41, 5.74) is 0.0402. The fraction of sp³-hybridized carbons (Fsp3) is 0.500. The molecule has 0 aliphatic carbocycles. The molecule has 0 aliphatic heterocycles. The number of rotatable bonds is 2. The van der Waals surface area contributed by atoms with E-state index in [1.807, 2.05) is 6.92 Å². The van der Waals surface area contributed by atoms with Gasteiger partial charge in [0.25, 0.3) is 5.91 Å². The van der Waals surface area contributed by atoms with Crippen molar-refractivity contribution in [3.05, 3.63) is 34.1 Å². The van der Waals surface area contributed by atoms with Crippen LogP contribution in [-0.4, -0.2) is 23.9 Å². The van der Waals surface area contributed by atoms with E-state index in [4.69, 9.17) is 0 Å². The zero-order valence-corrected chi connectivity index (χ0v) is 13.0. The minimum atomic E-state index is -0.498. The predicted octanol–water partition coefficient (Wildman–Crippen LogP) is 4.09. The van der Waals surface area contributed by atoms with Gasteiger partial charge in [-0.1, -0.05) is 26.8 Å². The minimum absolute atomic E-state index is 0.0107. The molecule has 0 aromatic heterocycles. The highest BCUT2D eigenvalue weighted by molar-refractivity contribution is 9.10. The standard InChI is InChI=1S/C14H19BrFNO/c1-9(14(2,3)4)17(5)13(18)12-10(15)7-6-8-11(12)16/h6-9H,1-5H3. The van der Waals surface area contributed by atoms with Crippen LogP contribution in [0.5, 0.6) is 0 Å². The molecular weight excluding hydrogens is 297 g/mol. The highest BCUT2D eigenvalue weighted by Gasteiger charge is 2.29. The van der Waals surface area contributed by atoms with Crippen LogP contribution in [0, 0.1) is 11.2 Å². The molecule has 1 atom stereocenters. The maximum absolute atomic E-state index is 13.7. The number of hydrogen-bond donors (Lipinski definition) is 0. The number of halogens is 2. The molecule has 1 amide bonds. The quantitative estimate of drug-likeness (QED) is 0.804. The van der Waals surface area contributed by atoms with Gasteiger partial charge in [-0.2, -0.15) is 0 Å². The highest BCUT2D eigenvalue weighted by atomic mass is 79.9. The molecule has 1 rings (SSSR count). The summed E-state index contributed by atoms with van der Waals surface area (Å²) in [6, 6.07) is 4.56. The topological polar surface area (TPSA) is 20.3 Å². The van der Waals surface area contributed by atoms with Gasteiger partial charge in [0.15, 0.2) is 0 Å². The Balaban J connectivity index is 3.08. The van der Waals surface area contributed by atoms with E-state index < -0.39 is 5.82 Å². The second-order valence-corrected chi connectivity index (χ2v) is 6.41. The smallest absolute Gasteiger partial charge is 0.257 e. The number of benzene rings is 1. The van der Waals surface area contributed by atoms with E-state index in [9.17, 15) is 9.18 Å². The molecule has 0 heterocycles. The van der Waals surface area contributed by atoms with Crippen LogP contribution in [0.25, 0.3) is 0 Å². The number of amides is 1. The minimum Gasteiger partial charge on any atom is -0.338 e. The lowest BCUT2D eigenvalue weighted by atomic mass is 9.87. The molecule has 1 unspecified atom stereocenters. The summed E-state index contributed by atoms with van der Waals surface area (Å²) in [7, 11) is 1.71. The molecule has 0 radical (unpaired) electrons. The van der Waals surface area contributed by atoms with E-state index in [0.717, 1.165) is 0 Å². The molecule has 0 saturated heterocycles. The van der Waals surface area contributed by atoms with Crippen molar-refractivity contribution in [3.8, 4) is 0 Å². The van der Waals surface area contributed by atoms with Gasteiger partial charge in [0, 0.05) is 17.6 Å². The fourth-order valence-corrected chi connectivity index (χ4v) is 2.15. The fourth-order valence-electron chi connectivity index (χ4n) is 1.64. The van der Waals surface area contributed by atoms with Crippen LogP contribution in [0.15, 0.2) is 22.7 Å². The Morgan fingerprint density at radius 2 is 1.94 bits per heavy atom. The zero-order valence-electron chi connectivity index (χ0n) is 11.4. The summed E-state index contributed by atoms with van der Waals surface area (Å²) in [5, 5.41) is 0. The molecule has 18 heavy (non-hydrogen) atoms. The van der Waals surface area contributed by atoms with Crippen LogP contribution < -0.4 is 0 Å². The maximum Gasteiger partial charge on any atom is 0.257 e. The molecule has 100 valence electrons. The van der Waals surface area contributed by atoms with E-state index in [-0.39, 0.29) is 22.9 Å². The number of carbonyl (C=O) groups excluding carboxylic acids is 1. The molecule has 0 N–H and O–H groups in total. The molecule has 0 bridgehead atoms. The van der Waals surface area contributed by atoms with E-state index in [0.29, 0.717) is 4.47 Å². The van der Waals surface area contributed by atoms with Crippen molar-refractivity contribution in [2.45, 2.75) is 33.7 Å². The van der Waals surface area contributed by atoms with Crippen LogP contribution in [0.2, 0.25) is 0 Å². The summed E-state index contributed by atoms with van der Waals surface area (Å²) in [5.74, 6) is -0.801. The Kier molecular flexibility index (Phi) is 4.54. The molecule has 0 saturated carbocycles. The summed E-state index contributed by atoms with van der Waals surface area (Å²) in [6.45, 7) is 8.13. The van der Waals surface area contributed by atoms with Crippen molar-refractivity contribution in [1.82, 2.24) is 4.90 Å². The lowest BCUT2D eigenvalue weighted by Crippen LogP contribution is -2.43. The normalized spacial score (nSPS) is 13.3. The second kappa shape index (κ2) is 5.39. The van der Waals surface area contributed by atoms with Gasteiger partial charge in [-0.3, -0.25) is 4.79 Å². The van der Waals surface area contributed by atoms with Crippen molar-refractivity contribution >= 4 is 21.8 Å². The van der Waals surface area contributed by atoms with E-state index in [1.165, 1.54) is 6.07 Å². The van der Waals surface area contributed by atoms with Crippen molar-refractivity contribution in [2.75, 3.05) is 7.05 Å². The Morgan fingerprint density at radius 1 is 1.39 bits per heavy atom. The third-order valence-corrected chi connectivity index (χ3v) is 3.99. The summed E-state index contributed by atoms with van der Waals surface area (Å²) >= 11 is 3.23. The van der Waals surface area contributed by atoms with Crippen LogP contribution in [0.3, 0.4) is 0 Å². The number of hydrogen-bond acceptors (Lipinski definition) is 1. The molecule has 0 aliphatic rings. The van der Waals surface area contributed by atoms with Gasteiger partial charge in [0.1, 0.15) is 5.82 Å². The Labute approximate surface area is 116 Å². The molecule has 1 aromatic rings. The summed E-state index contributed by atoms with van der Waals surface area (Å²) < 4.78 is 14.2. The van der Waals surface area contributed by atoms with Crippen molar-refractivity contribution in [2.24, 2.45) is 5.41 Å². The molecule has 2 nitrogen and oxygen atoms in total. The monoisotopic (exact) mass is 315 g/mol. The van der Waals surface area contributed by atoms with Crippen LogP contribution in [0.1, 0.15) is 38.1 Å². The van der Waals surface area contributed by atoms with E-state index in [2.05, 4.69) is 36.7 Å². The van der Waals surface area contributed by atoms with Crippen LogP contribution >= 0.6 is 15.9 Å². The number of carbonyl (C=O) groups is 1. The lowest BCUT2D eigenvalue weighted by Gasteiger charge is -2.35. The Morgan fingerprint density at radius 3 is 2.39 bits per heavy atom. The Bertz CT molecular complexity index is 433. The Hall–Kier alpha value is -0.900. The van der Waals surface area contributed by atoms with Gasteiger partial charge in [-0.25, -0.2) is 4.39 Å². The van der Waals surface area contributed by atoms with E-state index >= 15 is 0 Å². The first-order valence-electron chi connectivity index (χ1n) is 5.87. The van der Waals surface area contributed by atoms with Crippen molar-refractivity contribution in [3.63, 3.8) is 0 Å². The summed E-state index contributed by atoms with van der Waals surface area (Å²) in [4.78, 5) is 13.9. The van der Waals surface area contributed by atoms with Gasteiger partial charge < -0.3 is 4.90 Å². The van der Waals surface area contributed by atoms with Gasteiger partial charge in [0.05, 0.1) is 5.56 Å². The van der Waals surface area contributed by atoms with E-state index in [1.54, 1.807) is 24.1 Å². The number of nitrogens with zero attached hydrogens (tertiary/aromatic N) is 1. The third kappa shape index (κ3) is 3.10. The first-order valence-corrected chi connectivity index (χ1v) is 6.66. The van der Waals surface area contributed by atoms with Crippen molar-refractivity contribution < 1.29 is 9.18 Å². The average Bonchev–Trinajstić information content (AvgIpc) is 2.25. The third-order valence-electron chi connectivity index (χ3n) is 3.33. The molecule has 0 spiro atoms. The van der Waals surface area contributed by atoms with Gasteiger partial charge in [-0.05, 0) is 40.4 Å². The zero-order chi connectivity index (χ0) is 14.1. The van der Waals surface area contributed by atoms with Gasteiger partial charge >= 0.3 is 0 Å². The largest absolute Gasteiger partial charge is 0.338 e. The van der Waals surface area contributed by atoms with Crippen molar-refractivity contribution in [1.29, 1.82) is 0 Å². The maximum atomic E-state index is 13.7. The average molecular weight is 316 g/mol. The molecule has 4 heteroatoms.